The van der Waals surface area contributed by atoms with Crippen molar-refractivity contribution >= 4 is 11.6 Å². The zero-order valence-electron chi connectivity index (χ0n) is 11.5. The normalized spacial score (nSPS) is 23.9. The standard InChI is InChI=1S/C14H20ClFN2O/c1-8-13(16)11(15)5-10(14(8)19-3)12-4-9(6-17)7-18(12)2/h5,9,12H,4,6-7,17H2,1-3H3. The number of halogens is 2. The molecule has 2 N–H and O–H groups in total. The van der Waals surface area contributed by atoms with E-state index < -0.39 is 5.82 Å². The Morgan fingerprint density at radius 1 is 1.58 bits per heavy atom. The second-order valence-corrected chi connectivity index (χ2v) is 5.62. The van der Waals surface area contributed by atoms with Crippen LogP contribution in [0.25, 0.3) is 0 Å². The number of rotatable bonds is 3. The summed E-state index contributed by atoms with van der Waals surface area (Å²) in [6.45, 7) is 3.30. The first-order valence-electron chi connectivity index (χ1n) is 6.42. The van der Waals surface area contributed by atoms with Gasteiger partial charge < -0.3 is 10.5 Å². The highest BCUT2D eigenvalue weighted by atomic mass is 35.5. The van der Waals surface area contributed by atoms with Gasteiger partial charge in [-0.3, -0.25) is 4.90 Å². The molecule has 0 radical (unpaired) electrons. The van der Waals surface area contributed by atoms with Crippen LogP contribution in [0.2, 0.25) is 5.02 Å². The van der Waals surface area contributed by atoms with Crippen LogP contribution in [-0.4, -0.2) is 32.1 Å². The number of hydrogen-bond donors (Lipinski definition) is 1. The summed E-state index contributed by atoms with van der Waals surface area (Å²) in [4.78, 5) is 2.23. The SMILES string of the molecule is COc1c(C2CC(CN)CN2C)cc(Cl)c(F)c1C. The third-order valence-electron chi connectivity index (χ3n) is 3.96. The number of nitrogens with two attached hydrogens (primary N) is 1. The molecule has 0 aliphatic carbocycles. The lowest BCUT2D eigenvalue weighted by molar-refractivity contribution is 0.301. The predicted octanol–water partition coefficient (Wildman–Crippen LogP) is 2.75. The van der Waals surface area contributed by atoms with Gasteiger partial charge in [-0.2, -0.15) is 0 Å². The van der Waals surface area contributed by atoms with Gasteiger partial charge in [-0.15, -0.1) is 0 Å². The molecule has 1 aliphatic rings. The van der Waals surface area contributed by atoms with E-state index in [0.29, 0.717) is 23.8 Å². The molecule has 1 saturated heterocycles. The quantitative estimate of drug-likeness (QED) is 0.928. The molecule has 2 unspecified atom stereocenters. The van der Waals surface area contributed by atoms with Gasteiger partial charge in [0, 0.05) is 23.7 Å². The molecule has 19 heavy (non-hydrogen) atoms. The molecule has 0 amide bonds. The van der Waals surface area contributed by atoms with E-state index in [-0.39, 0.29) is 11.1 Å². The van der Waals surface area contributed by atoms with Crippen molar-refractivity contribution in [3.05, 3.63) is 28.0 Å². The largest absolute Gasteiger partial charge is 0.496 e. The van der Waals surface area contributed by atoms with Crippen molar-refractivity contribution in [3.8, 4) is 5.75 Å². The summed E-state index contributed by atoms with van der Waals surface area (Å²) in [5.41, 5.74) is 7.16. The van der Waals surface area contributed by atoms with Gasteiger partial charge in [-0.1, -0.05) is 11.6 Å². The Morgan fingerprint density at radius 3 is 2.79 bits per heavy atom. The van der Waals surface area contributed by atoms with Gasteiger partial charge in [0.25, 0.3) is 0 Å². The molecule has 1 aliphatic heterocycles. The molecular formula is C14H20ClFN2O. The maximum Gasteiger partial charge on any atom is 0.148 e. The minimum absolute atomic E-state index is 0.151. The topological polar surface area (TPSA) is 38.5 Å². The summed E-state index contributed by atoms with van der Waals surface area (Å²) in [6, 6.07) is 1.86. The molecule has 0 bridgehead atoms. The maximum atomic E-state index is 13.8. The van der Waals surface area contributed by atoms with Gasteiger partial charge in [0.2, 0.25) is 0 Å². The summed E-state index contributed by atoms with van der Waals surface area (Å²) in [6.07, 6.45) is 0.949. The number of benzene rings is 1. The van der Waals surface area contributed by atoms with Crippen LogP contribution in [0.15, 0.2) is 6.07 Å². The van der Waals surface area contributed by atoms with Crippen LogP contribution in [0.3, 0.4) is 0 Å². The van der Waals surface area contributed by atoms with Gasteiger partial charge in [0.1, 0.15) is 11.6 Å². The molecule has 1 heterocycles. The average molecular weight is 287 g/mol. The van der Waals surface area contributed by atoms with Crippen LogP contribution in [0.4, 0.5) is 4.39 Å². The average Bonchev–Trinajstić information content (AvgIpc) is 2.77. The van der Waals surface area contributed by atoms with E-state index >= 15 is 0 Å². The maximum absolute atomic E-state index is 13.8. The Balaban J connectivity index is 2.45. The molecule has 0 saturated carbocycles. The molecule has 2 rings (SSSR count). The third kappa shape index (κ3) is 2.57. The fraction of sp³-hybridized carbons (Fsp3) is 0.571. The minimum Gasteiger partial charge on any atom is -0.496 e. The van der Waals surface area contributed by atoms with Crippen LogP contribution in [0.5, 0.6) is 5.75 Å². The first kappa shape index (κ1) is 14.6. The van der Waals surface area contributed by atoms with E-state index in [1.54, 1.807) is 20.1 Å². The molecule has 1 aromatic rings. The van der Waals surface area contributed by atoms with E-state index in [9.17, 15) is 4.39 Å². The van der Waals surface area contributed by atoms with Crippen molar-refractivity contribution in [1.29, 1.82) is 0 Å². The van der Waals surface area contributed by atoms with Crippen LogP contribution < -0.4 is 10.5 Å². The van der Waals surface area contributed by atoms with E-state index in [1.807, 2.05) is 7.05 Å². The highest BCUT2D eigenvalue weighted by Crippen LogP contribution is 2.42. The van der Waals surface area contributed by atoms with Crippen LogP contribution in [0.1, 0.15) is 23.6 Å². The second-order valence-electron chi connectivity index (χ2n) is 5.21. The highest BCUT2D eigenvalue weighted by molar-refractivity contribution is 6.31. The zero-order valence-corrected chi connectivity index (χ0v) is 12.3. The number of ether oxygens (including phenoxy) is 1. The summed E-state index contributed by atoms with van der Waals surface area (Å²) >= 11 is 5.97. The van der Waals surface area contributed by atoms with Gasteiger partial charge in [-0.25, -0.2) is 4.39 Å². The Morgan fingerprint density at radius 2 is 2.26 bits per heavy atom. The number of methoxy groups -OCH3 is 1. The molecule has 3 nitrogen and oxygen atoms in total. The molecule has 1 fully saturated rings. The van der Waals surface area contributed by atoms with Crippen molar-refractivity contribution in [3.63, 3.8) is 0 Å². The lowest BCUT2D eigenvalue weighted by atomic mass is 9.97. The van der Waals surface area contributed by atoms with Gasteiger partial charge in [0.05, 0.1) is 12.1 Å². The van der Waals surface area contributed by atoms with Crippen molar-refractivity contribution < 1.29 is 9.13 Å². The van der Waals surface area contributed by atoms with Crippen LogP contribution in [0, 0.1) is 18.7 Å². The Bertz CT molecular complexity index is 481. The molecule has 2 atom stereocenters. The van der Waals surface area contributed by atoms with Crippen LogP contribution in [-0.2, 0) is 0 Å². The monoisotopic (exact) mass is 286 g/mol. The first-order chi connectivity index (χ1) is 8.99. The van der Waals surface area contributed by atoms with Gasteiger partial charge >= 0.3 is 0 Å². The molecule has 1 aromatic carbocycles. The fourth-order valence-electron chi connectivity index (χ4n) is 2.92. The zero-order chi connectivity index (χ0) is 14.2. The van der Waals surface area contributed by atoms with E-state index in [4.69, 9.17) is 22.1 Å². The van der Waals surface area contributed by atoms with Crippen molar-refractivity contribution in [2.24, 2.45) is 11.7 Å². The highest BCUT2D eigenvalue weighted by Gasteiger charge is 2.33. The molecular weight excluding hydrogens is 267 g/mol. The smallest absolute Gasteiger partial charge is 0.148 e. The van der Waals surface area contributed by atoms with E-state index in [0.717, 1.165) is 18.5 Å². The number of nitrogens with zero attached hydrogens (tertiary/aromatic N) is 1. The minimum atomic E-state index is -0.404. The lowest BCUT2D eigenvalue weighted by Crippen LogP contribution is -2.21. The molecule has 0 spiro atoms. The fourth-order valence-corrected chi connectivity index (χ4v) is 3.18. The third-order valence-corrected chi connectivity index (χ3v) is 4.23. The summed E-state index contributed by atoms with van der Waals surface area (Å²) < 4.78 is 19.2. The first-order valence-corrected chi connectivity index (χ1v) is 6.80. The Kier molecular flexibility index (Phi) is 4.33. The predicted molar refractivity (Wildman–Crippen MR) is 75.2 cm³/mol. The van der Waals surface area contributed by atoms with E-state index in [1.165, 1.54) is 0 Å². The Labute approximate surface area is 118 Å². The summed E-state index contributed by atoms with van der Waals surface area (Å²) in [5, 5.41) is 0.151. The summed E-state index contributed by atoms with van der Waals surface area (Å²) in [7, 11) is 3.61. The van der Waals surface area contributed by atoms with E-state index in [2.05, 4.69) is 4.90 Å². The second kappa shape index (κ2) is 5.65. The van der Waals surface area contributed by atoms with Crippen molar-refractivity contribution in [1.82, 2.24) is 4.90 Å². The van der Waals surface area contributed by atoms with Crippen molar-refractivity contribution in [2.75, 3.05) is 27.2 Å². The number of hydrogen-bond acceptors (Lipinski definition) is 3. The molecule has 106 valence electrons. The molecule has 5 heteroatoms. The van der Waals surface area contributed by atoms with Crippen molar-refractivity contribution in [2.45, 2.75) is 19.4 Å². The Hall–Kier alpha value is -0.840. The summed E-state index contributed by atoms with van der Waals surface area (Å²) in [5.74, 6) is 0.651. The van der Waals surface area contributed by atoms with Gasteiger partial charge in [0.15, 0.2) is 0 Å². The lowest BCUT2D eigenvalue weighted by Gasteiger charge is -2.23. The van der Waals surface area contributed by atoms with Crippen LogP contribution >= 0.6 is 11.6 Å². The molecule has 0 aromatic heterocycles. The van der Waals surface area contributed by atoms with Gasteiger partial charge in [-0.05, 0) is 38.9 Å². The number of likely N-dealkylation sites (tertiary alicyclic amines) is 1.